The zero-order valence-electron chi connectivity index (χ0n) is 22.9. The van der Waals surface area contributed by atoms with E-state index in [2.05, 4.69) is 40.9 Å². The Morgan fingerprint density at radius 3 is 2.48 bits per heavy atom. The predicted molar refractivity (Wildman–Crippen MR) is 157 cm³/mol. The summed E-state index contributed by atoms with van der Waals surface area (Å²) in [5.41, 5.74) is 2.11. The first kappa shape index (κ1) is 27.5. The maximum absolute atomic E-state index is 14.9. The Hall–Kier alpha value is -4.11. The largest absolute Gasteiger partial charge is 0.382 e. The topological polar surface area (TPSA) is 75.1 Å². The van der Waals surface area contributed by atoms with E-state index in [1.807, 2.05) is 24.3 Å². The summed E-state index contributed by atoms with van der Waals surface area (Å²) in [5, 5.41) is 7.19. The van der Waals surface area contributed by atoms with Gasteiger partial charge in [0.2, 0.25) is 5.95 Å². The first-order valence-corrected chi connectivity index (χ1v) is 13.8. The highest BCUT2D eigenvalue weighted by Gasteiger charge is 2.22. The Balaban J connectivity index is 1.62. The lowest BCUT2D eigenvalue weighted by Crippen LogP contribution is -2.25. The van der Waals surface area contributed by atoms with Crippen LogP contribution in [0.1, 0.15) is 38.7 Å². The minimum atomic E-state index is -0.854. The first-order chi connectivity index (χ1) is 19.4. The van der Waals surface area contributed by atoms with E-state index in [4.69, 9.17) is 4.98 Å². The van der Waals surface area contributed by atoms with Crippen LogP contribution in [0.5, 0.6) is 0 Å². The number of hydrogen-bond acceptors (Lipinski definition) is 6. The van der Waals surface area contributed by atoms with Gasteiger partial charge in [0.25, 0.3) is 5.56 Å². The molecule has 208 valence electrons. The van der Waals surface area contributed by atoms with Gasteiger partial charge in [0.05, 0.1) is 5.69 Å². The maximum Gasteiger partial charge on any atom is 0.256 e. The average Bonchev–Trinajstić information content (AvgIpc) is 3.78. The highest BCUT2D eigenvalue weighted by atomic mass is 19.1. The Morgan fingerprint density at radius 2 is 1.77 bits per heavy atom. The molecule has 0 atom stereocenters. The second-order valence-corrected chi connectivity index (χ2v) is 10.00. The molecule has 0 radical (unpaired) electrons. The molecule has 4 aromatic rings. The third-order valence-electron chi connectivity index (χ3n) is 7.18. The molecule has 0 saturated heterocycles. The normalized spacial score (nSPS) is 13.1. The Labute approximate surface area is 232 Å². The molecule has 1 saturated carbocycles. The van der Waals surface area contributed by atoms with Crippen molar-refractivity contribution in [1.82, 2.24) is 24.8 Å². The van der Waals surface area contributed by atoms with Gasteiger partial charge in [-0.2, -0.15) is 4.98 Å². The smallest absolute Gasteiger partial charge is 0.256 e. The van der Waals surface area contributed by atoms with Gasteiger partial charge in [0.15, 0.2) is 5.65 Å². The van der Waals surface area contributed by atoms with Crippen LogP contribution in [0.25, 0.3) is 33.7 Å². The van der Waals surface area contributed by atoms with Crippen LogP contribution in [0.15, 0.2) is 66.0 Å². The van der Waals surface area contributed by atoms with Crippen molar-refractivity contribution in [1.29, 1.82) is 0 Å². The molecule has 9 heteroatoms. The molecule has 0 aliphatic heterocycles. The molecular weight excluding hydrogens is 510 g/mol. The quantitative estimate of drug-likeness (QED) is 0.227. The van der Waals surface area contributed by atoms with Crippen LogP contribution in [0.3, 0.4) is 0 Å². The molecule has 2 heterocycles. The van der Waals surface area contributed by atoms with Crippen molar-refractivity contribution in [2.45, 2.75) is 39.2 Å². The average molecular weight is 545 g/mol. The van der Waals surface area contributed by atoms with Crippen molar-refractivity contribution >= 4 is 22.7 Å². The van der Waals surface area contributed by atoms with Crippen molar-refractivity contribution in [2.75, 3.05) is 31.5 Å². The lowest BCUT2D eigenvalue weighted by atomic mass is 10.0. The van der Waals surface area contributed by atoms with Gasteiger partial charge in [0, 0.05) is 35.3 Å². The predicted octanol–water partition coefficient (Wildman–Crippen LogP) is 5.59. The molecule has 0 bridgehead atoms. The van der Waals surface area contributed by atoms with Crippen LogP contribution in [0.4, 0.5) is 14.7 Å². The number of benzene rings is 2. The number of aromatic nitrogens is 3. The van der Waals surface area contributed by atoms with E-state index in [1.54, 1.807) is 6.07 Å². The number of fused-ring (bicyclic) bond motifs is 1. The highest BCUT2D eigenvalue weighted by Crippen LogP contribution is 2.31. The van der Waals surface area contributed by atoms with Crippen LogP contribution < -0.4 is 16.2 Å². The summed E-state index contributed by atoms with van der Waals surface area (Å²) in [6.45, 7) is 11.9. The number of hydrogen-bond donors (Lipinski definition) is 2. The lowest BCUT2D eigenvalue weighted by Gasteiger charge is -2.18. The van der Waals surface area contributed by atoms with E-state index in [0.29, 0.717) is 23.7 Å². The summed E-state index contributed by atoms with van der Waals surface area (Å²) in [4.78, 5) is 24.8. The summed E-state index contributed by atoms with van der Waals surface area (Å²) in [7, 11) is 0. The minimum Gasteiger partial charge on any atom is -0.382 e. The van der Waals surface area contributed by atoms with E-state index in [9.17, 15) is 13.6 Å². The third-order valence-corrected chi connectivity index (χ3v) is 7.18. The zero-order valence-corrected chi connectivity index (χ0v) is 22.9. The summed E-state index contributed by atoms with van der Waals surface area (Å²) in [5.74, 6) is -1.43. The van der Waals surface area contributed by atoms with E-state index >= 15 is 0 Å². The zero-order chi connectivity index (χ0) is 28.2. The molecule has 40 heavy (non-hydrogen) atoms. The van der Waals surface area contributed by atoms with Crippen LogP contribution in [0, 0.1) is 11.6 Å². The third kappa shape index (κ3) is 5.89. The minimum absolute atomic E-state index is 0.119. The standard InChI is InChI=1S/C31H34F2N6O/c1-4-38(5-2)18-8-17-34-31-36-28(22-10-6-9-21(19-22)20(3)35-23-13-14-23)24-15-16-27(40)39(30(24)37-31)29-25(32)11-7-12-26(29)33/h6-7,9-12,15-16,19,23,35H,3-5,8,13-14,17-18H2,1-2H3,(H,34,36,37). The molecule has 7 nitrogen and oxygen atoms in total. The molecule has 0 amide bonds. The molecule has 0 unspecified atom stereocenters. The molecule has 1 fully saturated rings. The number of pyridine rings is 1. The van der Waals surface area contributed by atoms with Gasteiger partial charge in [-0.3, -0.25) is 9.36 Å². The monoisotopic (exact) mass is 544 g/mol. The van der Waals surface area contributed by atoms with Crippen LogP contribution in [-0.2, 0) is 0 Å². The SMILES string of the molecule is C=C(NC1CC1)c1cccc(-c2nc(NCCCN(CC)CC)nc3c2ccc(=O)n3-c2c(F)cccc2F)c1. The lowest BCUT2D eigenvalue weighted by molar-refractivity contribution is 0.303. The van der Waals surface area contributed by atoms with Gasteiger partial charge in [-0.15, -0.1) is 0 Å². The molecule has 0 spiro atoms. The fourth-order valence-corrected chi connectivity index (χ4v) is 4.79. The number of nitrogens with one attached hydrogen (secondary N) is 2. The van der Waals surface area contributed by atoms with Gasteiger partial charge in [-0.25, -0.2) is 13.8 Å². The van der Waals surface area contributed by atoms with Crippen molar-refractivity contribution in [3.8, 4) is 16.9 Å². The molecular formula is C31H34F2N6O. The molecule has 2 aromatic heterocycles. The highest BCUT2D eigenvalue weighted by molar-refractivity contribution is 5.92. The maximum atomic E-state index is 14.9. The fraction of sp³-hybridized carbons (Fsp3) is 0.323. The number of rotatable bonds is 12. The summed E-state index contributed by atoms with van der Waals surface area (Å²) >= 11 is 0. The van der Waals surface area contributed by atoms with Gasteiger partial charge in [-0.1, -0.05) is 44.7 Å². The van der Waals surface area contributed by atoms with E-state index < -0.39 is 22.9 Å². The van der Waals surface area contributed by atoms with Crippen molar-refractivity contribution in [3.63, 3.8) is 0 Å². The van der Waals surface area contributed by atoms with Crippen LogP contribution >= 0.6 is 0 Å². The summed E-state index contributed by atoms with van der Waals surface area (Å²) in [6.07, 6.45) is 3.11. The molecule has 5 rings (SSSR count). The Kier molecular flexibility index (Phi) is 8.21. The molecule has 1 aliphatic rings. The van der Waals surface area contributed by atoms with Crippen molar-refractivity contribution < 1.29 is 8.78 Å². The van der Waals surface area contributed by atoms with Gasteiger partial charge >= 0.3 is 0 Å². The fourth-order valence-electron chi connectivity index (χ4n) is 4.79. The van der Waals surface area contributed by atoms with Gasteiger partial charge in [0.1, 0.15) is 17.3 Å². The van der Waals surface area contributed by atoms with Crippen molar-refractivity contribution in [2.24, 2.45) is 0 Å². The number of nitrogens with zero attached hydrogens (tertiary/aromatic N) is 4. The molecule has 2 aromatic carbocycles. The molecule has 1 aliphatic carbocycles. The number of anilines is 1. The number of halogens is 2. The van der Waals surface area contributed by atoms with Crippen LogP contribution in [0.2, 0.25) is 0 Å². The Morgan fingerprint density at radius 1 is 1.05 bits per heavy atom. The van der Waals surface area contributed by atoms with E-state index in [0.717, 1.165) is 72.4 Å². The summed E-state index contributed by atoms with van der Waals surface area (Å²) in [6, 6.07) is 14.6. The Bertz CT molecular complexity index is 1570. The summed E-state index contributed by atoms with van der Waals surface area (Å²) < 4.78 is 30.9. The second-order valence-electron chi connectivity index (χ2n) is 10.00. The molecule has 2 N–H and O–H groups in total. The first-order valence-electron chi connectivity index (χ1n) is 13.8. The van der Waals surface area contributed by atoms with Crippen LogP contribution in [-0.4, -0.2) is 51.7 Å². The van der Waals surface area contributed by atoms with Crippen molar-refractivity contribution in [3.05, 3.63) is 88.7 Å². The number of para-hydroxylation sites is 1. The second kappa shape index (κ2) is 12.0. The van der Waals surface area contributed by atoms with E-state index in [1.165, 1.54) is 12.1 Å². The van der Waals surface area contributed by atoms with Gasteiger partial charge in [-0.05, 0) is 68.7 Å². The van der Waals surface area contributed by atoms with Gasteiger partial charge < -0.3 is 15.5 Å². The van der Waals surface area contributed by atoms with E-state index in [-0.39, 0.29) is 11.6 Å².